The number of nitrogens with zero attached hydrogens (tertiary/aromatic N) is 1. The van der Waals surface area contributed by atoms with Crippen LogP contribution in [0.25, 0.3) is 0 Å². The first kappa shape index (κ1) is 7.97. The molecule has 1 heteroatoms. The molecule has 0 saturated heterocycles. The van der Waals surface area contributed by atoms with Crippen molar-refractivity contribution in [3.05, 3.63) is 12.3 Å². The summed E-state index contributed by atoms with van der Waals surface area (Å²) in [7, 11) is 0. The molecule has 1 nitrogen and oxygen atoms in total. The van der Waals surface area contributed by atoms with E-state index in [4.69, 9.17) is 6.42 Å². The highest BCUT2D eigenvalue weighted by atomic mass is 14.7. The van der Waals surface area contributed by atoms with Crippen LogP contribution in [0.3, 0.4) is 0 Å². The van der Waals surface area contributed by atoms with Crippen LogP contribution in [0.4, 0.5) is 0 Å². The van der Waals surface area contributed by atoms with E-state index in [1.807, 2.05) is 6.92 Å². The van der Waals surface area contributed by atoms with Crippen molar-refractivity contribution in [2.24, 2.45) is 4.99 Å². The molecule has 0 bridgehead atoms. The Morgan fingerprint density at radius 2 is 2.44 bits per heavy atom. The molecule has 0 aromatic rings. The van der Waals surface area contributed by atoms with E-state index in [-0.39, 0.29) is 0 Å². The zero-order chi connectivity index (χ0) is 7.11. The lowest BCUT2D eigenvalue weighted by molar-refractivity contribution is 1.25. The average molecular weight is 121 g/mol. The Kier molecular flexibility index (Phi) is 4.53. The molecule has 0 aliphatic heterocycles. The maximum atomic E-state index is 4.95. The van der Waals surface area contributed by atoms with Crippen LogP contribution < -0.4 is 0 Å². The molecule has 0 radical (unpaired) electrons. The van der Waals surface area contributed by atoms with E-state index < -0.39 is 0 Å². The molecule has 0 unspecified atom stereocenters. The fraction of sp³-hybridized carbons (Fsp3) is 0.375. The van der Waals surface area contributed by atoms with Crippen LogP contribution in [0.15, 0.2) is 17.3 Å². The molecule has 0 saturated carbocycles. The van der Waals surface area contributed by atoms with Crippen molar-refractivity contribution in [1.29, 1.82) is 0 Å². The van der Waals surface area contributed by atoms with Gasteiger partial charge in [0.05, 0.1) is 0 Å². The van der Waals surface area contributed by atoms with E-state index >= 15 is 0 Å². The number of hydrogen-bond acceptors (Lipinski definition) is 1. The molecule has 0 fully saturated rings. The van der Waals surface area contributed by atoms with Gasteiger partial charge >= 0.3 is 0 Å². The van der Waals surface area contributed by atoms with Gasteiger partial charge in [-0.1, -0.05) is 12.8 Å². The highest BCUT2D eigenvalue weighted by Crippen LogP contribution is 1.84. The number of hydrogen-bond donors (Lipinski definition) is 0. The Labute approximate surface area is 56.5 Å². The summed E-state index contributed by atoms with van der Waals surface area (Å²) in [6.45, 7) is 4.03. The zero-order valence-electron chi connectivity index (χ0n) is 5.89. The molecular formula is C8H11N. The largest absolute Gasteiger partial charge is 0.265 e. The lowest BCUT2D eigenvalue weighted by Gasteiger charge is -1.86. The van der Waals surface area contributed by atoms with E-state index in [1.165, 1.54) is 0 Å². The van der Waals surface area contributed by atoms with E-state index in [0.29, 0.717) is 0 Å². The van der Waals surface area contributed by atoms with Gasteiger partial charge in [0.25, 0.3) is 0 Å². The van der Waals surface area contributed by atoms with Crippen LogP contribution in [0, 0.1) is 12.3 Å². The maximum absolute atomic E-state index is 4.95. The second-order valence-electron chi connectivity index (χ2n) is 1.70. The van der Waals surface area contributed by atoms with E-state index in [1.54, 1.807) is 12.3 Å². The molecule has 0 heterocycles. The standard InChI is InChI=1S/C8H11N/c1-4-6-7-9-8(3)5-2/h1,6-7H,5H2,2-3H3/b7-6-,9-8?. The number of aliphatic imine (C=N–C) groups is 1. The van der Waals surface area contributed by atoms with Gasteiger partial charge in [-0.05, 0) is 13.3 Å². The molecule has 9 heavy (non-hydrogen) atoms. The first-order chi connectivity index (χ1) is 4.31. The molecule has 0 aromatic heterocycles. The Balaban J connectivity index is 3.72. The molecule has 0 aliphatic rings. The van der Waals surface area contributed by atoms with Crippen molar-refractivity contribution in [1.82, 2.24) is 0 Å². The maximum Gasteiger partial charge on any atom is 0.0350 e. The highest BCUT2D eigenvalue weighted by Gasteiger charge is 1.77. The molecule has 0 spiro atoms. The number of terminal acetylenes is 1. The summed E-state index contributed by atoms with van der Waals surface area (Å²) in [6, 6.07) is 0. The summed E-state index contributed by atoms with van der Waals surface area (Å²) >= 11 is 0. The van der Waals surface area contributed by atoms with Gasteiger partial charge in [0, 0.05) is 18.0 Å². The summed E-state index contributed by atoms with van der Waals surface area (Å²) in [5.74, 6) is 2.36. The average Bonchev–Trinajstić information content (AvgIpc) is 1.89. The minimum atomic E-state index is 0.981. The van der Waals surface area contributed by atoms with Gasteiger partial charge in [0.1, 0.15) is 0 Å². The molecule has 48 valence electrons. The molecule has 0 rings (SSSR count). The summed E-state index contributed by atoms with van der Waals surface area (Å²) in [5.41, 5.74) is 1.10. The summed E-state index contributed by atoms with van der Waals surface area (Å²) in [4.78, 5) is 4.03. The van der Waals surface area contributed by atoms with Crippen molar-refractivity contribution in [2.75, 3.05) is 0 Å². The van der Waals surface area contributed by atoms with Crippen molar-refractivity contribution in [2.45, 2.75) is 20.3 Å². The third-order valence-corrected chi connectivity index (χ3v) is 0.977. The lowest BCUT2D eigenvalue weighted by atomic mass is 10.3. The van der Waals surface area contributed by atoms with Crippen molar-refractivity contribution >= 4 is 5.71 Å². The van der Waals surface area contributed by atoms with Gasteiger partial charge in [-0.15, -0.1) is 6.42 Å². The van der Waals surface area contributed by atoms with Crippen LogP contribution in [0.2, 0.25) is 0 Å². The second-order valence-corrected chi connectivity index (χ2v) is 1.70. The van der Waals surface area contributed by atoms with Gasteiger partial charge in [-0.3, -0.25) is 4.99 Å². The first-order valence-electron chi connectivity index (χ1n) is 2.95. The van der Waals surface area contributed by atoms with Crippen LogP contribution in [0.1, 0.15) is 20.3 Å². The third kappa shape index (κ3) is 4.83. The van der Waals surface area contributed by atoms with Gasteiger partial charge in [-0.2, -0.15) is 0 Å². The SMILES string of the molecule is C#C/C=C\N=C(C)CC. The van der Waals surface area contributed by atoms with Crippen LogP contribution in [-0.4, -0.2) is 5.71 Å². The molecule has 0 aliphatic carbocycles. The Morgan fingerprint density at radius 1 is 1.78 bits per heavy atom. The van der Waals surface area contributed by atoms with Gasteiger partial charge in [0.15, 0.2) is 0 Å². The van der Waals surface area contributed by atoms with Gasteiger partial charge < -0.3 is 0 Å². The Bertz CT molecular complexity index is 158. The van der Waals surface area contributed by atoms with Crippen LogP contribution in [-0.2, 0) is 0 Å². The molecule has 0 atom stereocenters. The summed E-state index contributed by atoms with van der Waals surface area (Å²) in [6.07, 6.45) is 9.15. The van der Waals surface area contributed by atoms with E-state index in [9.17, 15) is 0 Å². The Morgan fingerprint density at radius 3 is 2.89 bits per heavy atom. The van der Waals surface area contributed by atoms with Crippen LogP contribution in [0.5, 0.6) is 0 Å². The normalized spacial score (nSPS) is 11.9. The fourth-order valence-corrected chi connectivity index (χ4v) is 0.299. The zero-order valence-corrected chi connectivity index (χ0v) is 5.89. The van der Waals surface area contributed by atoms with E-state index in [0.717, 1.165) is 12.1 Å². The lowest BCUT2D eigenvalue weighted by Crippen LogP contribution is -1.83. The van der Waals surface area contributed by atoms with E-state index in [2.05, 4.69) is 17.8 Å². The fourth-order valence-electron chi connectivity index (χ4n) is 0.299. The monoisotopic (exact) mass is 121 g/mol. The van der Waals surface area contributed by atoms with Crippen LogP contribution >= 0.6 is 0 Å². The van der Waals surface area contributed by atoms with Gasteiger partial charge in [0.2, 0.25) is 0 Å². The quantitative estimate of drug-likeness (QED) is 0.391. The second kappa shape index (κ2) is 5.11. The minimum Gasteiger partial charge on any atom is -0.265 e. The summed E-state index contributed by atoms with van der Waals surface area (Å²) in [5, 5.41) is 0. The predicted molar refractivity (Wildman–Crippen MR) is 41.4 cm³/mol. The summed E-state index contributed by atoms with van der Waals surface area (Å²) < 4.78 is 0. The van der Waals surface area contributed by atoms with Crippen molar-refractivity contribution < 1.29 is 0 Å². The third-order valence-electron chi connectivity index (χ3n) is 0.977. The smallest absolute Gasteiger partial charge is 0.0350 e. The molecule has 0 N–H and O–H groups in total. The number of rotatable bonds is 2. The van der Waals surface area contributed by atoms with Crippen molar-refractivity contribution in [3.63, 3.8) is 0 Å². The van der Waals surface area contributed by atoms with Gasteiger partial charge in [-0.25, -0.2) is 0 Å². The molecular weight excluding hydrogens is 110 g/mol. The Hall–Kier alpha value is -1.03. The number of allylic oxidation sites excluding steroid dienone is 1. The molecule has 0 amide bonds. The molecule has 0 aromatic carbocycles. The minimum absolute atomic E-state index is 0.981. The first-order valence-corrected chi connectivity index (χ1v) is 2.95. The highest BCUT2D eigenvalue weighted by molar-refractivity contribution is 5.82. The topological polar surface area (TPSA) is 12.4 Å². The predicted octanol–water partition coefficient (Wildman–Crippen LogP) is 2.00. The van der Waals surface area contributed by atoms with Crippen molar-refractivity contribution in [3.8, 4) is 12.3 Å².